The Balaban J connectivity index is 1.65. The van der Waals surface area contributed by atoms with Crippen molar-refractivity contribution in [3.63, 3.8) is 0 Å². The molecule has 36 heavy (non-hydrogen) atoms. The number of hydrogen-bond acceptors (Lipinski definition) is 6. The van der Waals surface area contributed by atoms with Gasteiger partial charge in [0.05, 0.1) is 17.9 Å². The van der Waals surface area contributed by atoms with Gasteiger partial charge in [0, 0.05) is 25.6 Å². The molecule has 2 aromatic rings. The summed E-state index contributed by atoms with van der Waals surface area (Å²) in [7, 11) is 1.82. The highest BCUT2D eigenvalue weighted by Crippen LogP contribution is 2.66. The van der Waals surface area contributed by atoms with Crippen molar-refractivity contribution in [3.8, 4) is 11.5 Å². The number of fused-ring (bicyclic) bond motifs is 1. The van der Waals surface area contributed by atoms with E-state index >= 15 is 8.78 Å². The molecule has 0 saturated heterocycles. The Labute approximate surface area is 215 Å². The fraction of sp³-hybridized carbons (Fsp3) is 0.385. The number of amides is 1. The molecule has 1 saturated carbocycles. The molecule has 3 atom stereocenters. The first-order valence-electron chi connectivity index (χ1n) is 11.5. The van der Waals surface area contributed by atoms with Crippen molar-refractivity contribution >= 4 is 42.8 Å². The third-order valence-corrected chi connectivity index (χ3v) is 8.44. The Hall–Kier alpha value is -3.03. The number of benzene rings is 1. The Bertz CT molecular complexity index is 1340. The number of hydrogen-bond donors (Lipinski definition) is 1. The van der Waals surface area contributed by atoms with Gasteiger partial charge < -0.3 is 10.6 Å². The van der Waals surface area contributed by atoms with Gasteiger partial charge in [0.2, 0.25) is 5.91 Å². The average molecular weight is 526 g/mol. The number of nitrogens with zero attached hydrogens (tertiary/aromatic N) is 4. The van der Waals surface area contributed by atoms with Crippen LogP contribution in [-0.4, -0.2) is 52.9 Å². The number of carbonyl (C=O) groups is 1. The molecule has 6 nitrogen and oxygen atoms in total. The second-order valence-electron chi connectivity index (χ2n) is 10.6. The van der Waals surface area contributed by atoms with Gasteiger partial charge in [0.1, 0.15) is 30.0 Å². The van der Waals surface area contributed by atoms with Crippen LogP contribution in [0.3, 0.4) is 0 Å². The zero-order valence-corrected chi connectivity index (χ0v) is 23.0. The van der Waals surface area contributed by atoms with Crippen molar-refractivity contribution in [2.45, 2.75) is 43.3 Å². The second kappa shape index (κ2) is 9.12. The van der Waals surface area contributed by atoms with E-state index in [4.69, 9.17) is 5.73 Å². The molecule has 188 valence electrons. The van der Waals surface area contributed by atoms with Crippen LogP contribution in [0.4, 0.5) is 8.78 Å². The third-order valence-electron chi connectivity index (χ3n) is 6.28. The van der Waals surface area contributed by atoms with E-state index in [-0.39, 0.29) is 28.3 Å². The van der Waals surface area contributed by atoms with E-state index in [2.05, 4.69) is 46.1 Å². The van der Waals surface area contributed by atoms with Crippen LogP contribution in [0.25, 0.3) is 11.9 Å². The summed E-state index contributed by atoms with van der Waals surface area (Å²) in [5.41, 5.74) is 9.51. The molecule has 1 aromatic carbocycles. The van der Waals surface area contributed by atoms with Gasteiger partial charge in [0.25, 0.3) is 0 Å². The van der Waals surface area contributed by atoms with Gasteiger partial charge >= 0.3 is 0 Å². The maximum absolute atomic E-state index is 15.1. The van der Waals surface area contributed by atoms with Crippen LogP contribution in [0.5, 0.6) is 0 Å². The lowest BCUT2D eigenvalue weighted by Gasteiger charge is -2.34. The van der Waals surface area contributed by atoms with Crippen LogP contribution in [0, 0.1) is 23.2 Å². The van der Waals surface area contributed by atoms with Gasteiger partial charge in [-0.1, -0.05) is 43.4 Å². The molecule has 2 heterocycles. The van der Waals surface area contributed by atoms with Crippen molar-refractivity contribution in [1.82, 2.24) is 14.9 Å². The fourth-order valence-electron chi connectivity index (χ4n) is 4.44. The Morgan fingerprint density at radius 1 is 1.28 bits per heavy atom. The number of thioether (sulfide) groups is 1. The molecule has 1 fully saturated rings. The van der Waals surface area contributed by atoms with Gasteiger partial charge in [-0.15, -0.1) is 5.54 Å². The summed E-state index contributed by atoms with van der Waals surface area (Å²) in [6.07, 6.45) is 4.59. The first kappa shape index (κ1) is 26.0. The Morgan fingerprint density at radius 3 is 2.61 bits per heavy atom. The lowest BCUT2D eigenvalue weighted by molar-refractivity contribution is -0.129. The van der Waals surface area contributed by atoms with E-state index in [0.717, 1.165) is 0 Å². The summed E-state index contributed by atoms with van der Waals surface area (Å²) in [5, 5.41) is 0.237. The zero-order valence-electron chi connectivity index (χ0n) is 21.2. The van der Waals surface area contributed by atoms with E-state index in [0.29, 0.717) is 17.7 Å². The Morgan fingerprint density at radius 2 is 2.00 bits per heavy atom. The maximum atomic E-state index is 15.1. The molecule has 0 unspecified atom stereocenters. The highest BCUT2D eigenvalue weighted by molar-refractivity contribution is 8.15. The molecule has 0 radical (unpaired) electrons. The molecule has 2 N–H and O–H groups in total. The Kier molecular flexibility index (Phi) is 6.60. The zero-order chi connectivity index (χ0) is 26.5. The first-order chi connectivity index (χ1) is 16.7. The van der Waals surface area contributed by atoms with Gasteiger partial charge in [0.15, 0.2) is 11.0 Å². The topological polar surface area (TPSA) is 84.5 Å². The molecule has 0 bridgehead atoms. The van der Waals surface area contributed by atoms with Crippen LogP contribution in [0.1, 0.15) is 35.9 Å². The molecule has 1 aliphatic heterocycles. The van der Waals surface area contributed by atoms with E-state index in [1.807, 2.05) is 0 Å². The van der Waals surface area contributed by atoms with Crippen LogP contribution in [0.2, 0.25) is 19.6 Å². The smallest absolute Gasteiger partial charge is 0.239 e. The van der Waals surface area contributed by atoms with Crippen molar-refractivity contribution < 1.29 is 13.6 Å². The van der Waals surface area contributed by atoms with Gasteiger partial charge in [-0.25, -0.2) is 18.7 Å². The molecule has 1 aliphatic carbocycles. The minimum Gasteiger partial charge on any atom is -0.378 e. The molecule has 1 amide bonds. The first-order valence-corrected chi connectivity index (χ1v) is 15.9. The fourth-order valence-corrected chi connectivity index (χ4v) is 6.44. The monoisotopic (exact) mass is 525 g/mol. The standard InChI is InChI=1S/C26H29F2N5OSSi/c1-25(22-13-26(22,23(34)33(2)3)35-24(29)32-25)18-11-16(7-8-19(18)27)12-20(28)21-15-30-17(14-31-21)9-10-36(4,5)6/h7-8,11-12,14-15,22H,13H2,1-6H3,(H2,29,32)/b20-12-/t22-,25+,26-/m0/s1. The molecule has 2 aliphatic rings. The number of carbonyl (C=O) groups excluding carboxylic acids is 1. The van der Waals surface area contributed by atoms with Gasteiger partial charge in [-0.3, -0.25) is 9.79 Å². The van der Waals surface area contributed by atoms with E-state index < -0.39 is 30.0 Å². The van der Waals surface area contributed by atoms with E-state index in [9.17, 15) is 4.79 Å². The number of halogens is 2. The van der Waals surface area contributed by atoms with Crippen LogP contribution < -0.4 is 5.73 Å². The lowest BCUT2D eigenvalue weighted by atomic mass is 9.84. The second-order valence-corrected chi connectivity index (χ2v) is 16.7. The third kappa shape index (κ3) is 4.95. The summed E-state index contributed by atoms with van der Waals surface area (Å²) >= 11 is 1.24. The highest BCUT2D eigenvalue weighted by atomic mass is 32.2. The van der Waals surface area contributed by atoms with Crippen molar-refractivity contribution in [2.75, 3.05) is 14.1 Å². The van der Waals surface area contributed by atoms with Gasteiger partial charge in [-0.05, 0) is 37.1 Å². The normalized spacial score (nSPS) is 25.3. The molecular formula is C26H29F2N5OSSi. The summed E-state index contributed by atoms with van der Waals surface area (Å²) in [4.78, 5) is 27.4. The SMILES string of the molecule is CN(C)C(=O)[C@]12C[C@H]1[C@@](C)(c1cc(/C=C(\F)c3cnc(C#C[Si](C)(C)C)cn3)ccc1F)N=C(N)S2. The maximum Gasteiger partial charge on any atom is 0.239 e. The van der Waals surface area contributed by atoms with Crippen LogP contribution in [0.15, 0.2) is 35.6 Å². The number of nitrogens with two attached hydrogens (primary N) is 1. The van der Waals surface area contributed by atoms with Crippen molar-refractivity contribution in [3.05, 3.63) is 58.9 Å². The largest absolute Gasteiger partial charge is 0.378 e. The van der Waals surface area contributed by atoms with Gasteiger partial charge in [-0.2, -0.15) is 0 Å². The predicted molar refractivity (Wildman–Crippen MR) is 144 cm³/mol. The number of rotatable bonds is 4. The molecule has 10 heteroatoms. The summed E-state index contributed by atoms with van der Waals surface area (Å²) in [6.45, 7) is 8.15. The molecule has 1 aromatic heterocycles. The van der Waals surface area contributed by atoms with Crippen molar-refractivity contribution in [2.24, 2.45) is 16.6 Å². The predicted octanol–water partition coefficient (Wildman–Crippen LogP) is 4.44. The minimum absolute atomic E-state index is 0.0553. The summed E-state index contributed by atoms with van der Waals surface area (Å²) in [5.74, 6) is 1.59. The molecular weight excluding hydrogens is 496 g/mol. The van der Waals surface area contributed by atoms with E-state index in [1.54, 1.807) is 27.1 Å². The average Bonchev–Trinajstić information content (AvgIpc) is 3.54. The number of amidine groups is 1. The summed E-state index contributed by atoms with van der Waals surface area (Å²) in [6, 6.07) is 4.33. The van der Waals surface area contributed by atoms with Crippen molar-refractivity contribution in [1.29, 1.82) is 0 Å². The van der Waals surface area contributed by atoms with E-state index in [1.165, 1.54) is 47.3 Å². The summed E-state index contributed by atoms with van der Waals surface area (Å²) < 4.78 is 29.4. The minimum atomic E-state index is -1.56. The van der Waals surface area contributed by atoms with Crippen LogP contribution in [-0.2, 0) is 10.3 Å². The number of aromatic nitrogens is 2. The number of aliphatic imine (C=N–C) groups is 1. The highest BCUT2D eigenvalue weighted by Gasteiger charge is 2.71. The molecule has 0 spiro atoms. The molecule has 4 rings (SSSR count). The lowest BCUT2D eigenvalue weighted by Crippen LogP contribution is -2.43. The quantitative estimate of drug-likeness (QED) is 0.471. The van der Waals surface area contributed by atoms with Crippen LogP contribution >= 0.6 is 11.8 Å².